The van der Waals surface area contributed by atoms with Crippen LogP contribution in [-0.2, 0) is 9.84 Å². The Bertz CT molecular complexity index is 585. The van der Waals surface area contributed by atoms with Crippen molar-refractivity contribution in [3.05, 3.63) is 23.8 Å². The van der Waals surface area contributed by atoms with E-state index in [0.717, 1.165) is 11.3 Å². The average molecular weight is 313 g/mol. The number of sulfone groups is 1. The first-order valence-electron chi connectivity index (χ1n) is 7.19. The van der Waals surface area contributed by atoms with Crippen LogP contribution >= 0.6 is 0 Å². The molecule has 118 valence electrons. The Labute approximate surface area is 126 Å². The Hall–Kier alpha value is -1.27. The summed E-state index contributed by atoms with van der Waals surface area (Å²) in [6.45, 7) is 5.96. The van der Waals surface area contributed by atoms with E-state index in [-0.39, 0.29) is 11.8 Å². The van der Waals surface area contributed by atoms with E-state index in [1.54, 1.807) is 0 Å². The molecule has 1 aliphatic heterocycles. The third-order valence-electron chi connectivity index (χ3n) is 3.34. The molecular weight excluding hydrogens is 290 g/mol. The Morgan fingerprint density at radius 1 is 1.29 bits per heavy atom. The van der Waals surface area contributed by atoms with Crippen molar-refractivity contribution >= 4 is 9.84 Å². The monoisotopic (exact) mass is 313 g/mol. The molecule has 0 fully saturated rings. The van der Waals surface area contributed by atoms with Crippen LogP contribution in [0.5, 0.6) is 11.5 Å². The molecule has 1 aromatic carbocycles. The van der Waals surface area contributed by atoms with Gasteiger partial charge in [-0.25, -0.2) is 8.42 Å². The summed E-state index contributed by atoms with van der Waals surface area (Å²) < 4.78 is 34.6. The summed E-state index contributed by atoms with van der Waals surface area (Å²) in [6.07, 6.45) is 1.25. The predicted octanol–water partition coefficient (Wildman–Crippen LogP) is 1.79. The zero-order valence-corrected chi connectivity index (χ0v) is 13.6. The molecule has 1 aromatic rings. The molecule has 2 atom stereocenters. The summed E-state index contributed by atoms with van der Waals surface area (Å²) in [5.74, 6) is 1.81. The molecule has 1 heterocycles. The van der Waals surface area contributed by atoms with E-state index in [1.807, 2.05) is 25.1 Å². The first kappa shape index (κ1) is 16.1. The van der Waals surface area contributed by atoms with Gasteiger partial charge in [0, 0.05) is 18.2 Å². The van der Waals surface area contributed by atoms with Gasteiger partial charge in [-0.2, -0.15) is 0 Å². The predicted molar refractivity (Wildman–Crippen MR) is 82.7 cm³/mol. The van der Waals surface area contributed by atoms with Crippen LogP contribution < -0.4 is 14.8 Å². The molecule has 1 N–H and O–H groups in total. The third kappa shape index (κ3) is 4.61. The smallest absolute Gasteiger partial charge is 0.161 e. The van der Waals surface area contributed by atoms with Gasteiger partial charge in [0.1, 0.15) is 9.84 Å². The fourth-order valence-corrected chi connectivity index (χ4v) is 3.22. The lowest BCUT2D eigenvalue weighted by Crippen LogP contribution is -2.27. The number of nitrogens with one attached hydrogen (secondary N) is 1. The maximum atomic E-state index is 11.6. The zero-order chi connectivity index (χ0) is 15.5. The molecule has 6 heteroatoms. The van der Waals surface area contributed by atoms with Crippen molar-refractivity contribution in [1.82, 2.24) is 5.32 Å². The Morgan fingerprint density at radius 3 is 2.57 bits per heavy atom. The highest BCUT2D eigenvalue weighted by Crippen LogP contribution is 2.33. The maximum absolute atomic E-state index is 11.6. The van der Waals surface area contributed by atoms with Crippen molar-refractivity contribution < 1.29 is 17.9 Å². The number of hydrogen-bond donors (Lipinski definition) is 1. The van der Waals surface area contributed by atoms with Crippen LogP contribution in [-0.4, -0.2) is 40.2 Å². The van der Waals surface area contributed by atoms with Crippen LogP contribution in [0.25, 0.3) is 0 Å². The quantitative estimate of drug-likeness (QED) is 0.898. The third-order valence-corrected chi connectivity index (χ3v) is 4.28. The summed E-state index contributed by atoms with van der Waals surface area (Å²) in [7, 11) is -3.07. The van der Waals surface area contributed by atoms with E-state index in [1.165, 1.54) is 6.26 Å². The van der Waals surface area contributed by atoms with Crippen LogP contribution in [0.1, 0.15) is 25.5 Å². The van der Waals surface area contributed by atoms with E-state index >= 15 is 0 Å². The highest BCUT2D eigenvalue weighted by molar-refractivity contribution is 7.90. The van der Waals surface area contributed by atoms with E-state index in [4.69, 9.17) is 9.47 Å². The van der Waals surface area contributed by atoms with Crippen LogP contribution in [0.2, 0.25) is 0 Å². The van der Waals surface area contributed by atoms with Gasteiger partial charge < -0.3 is 14.8 Å². The number of rotatable bonds is 5. The second kappa shape index (κ2) is 6.66. The Kier molecular flexibility index (Phi) is 5.11. The minimum Gasteiger partial charge on any atom is -0.489 e. The van der Waals surface area contributed by atoms with Gasteiger partial charge in [0.2, 0.25) is 0 Å². The van der Waals surface area contributed by atoms with Crippen molar-refractivity contribution in [1.29, 1.82) is 0 Å². The second-order valence-electron chi connectivity index (χ2n) is 5.64. The first-order valence-corrected chi connectivity index (χ1v) is 9.25. The largest absolute Gasteiger partial charge is 0.489 e. The summed E-state index contributed by atoms with van der Waals surface area (Å²) in [5, 5.41) is 3.21. The van der Waals surface area contributed by atoms with Crippen molar-refractivity contribution in [2.75, 3.05) is 31.8 Å². The molecule has 2 unspecified atom stereocenters. The van der Waals surface area contributed by atoms with Gasteiger partial charge in [-0.3, -0.25) is 0 Å². The summed E-state index contributed by atoms with van der Waals surface area (Å²) in [6, 6.07) is 5.40. The van der Waals surface area contributed by atoms with Gasteiger partial charge in [0.05, 0.1) is 19.0 Å². The van der Waals surface area contributed by atoms with Crippen molar-refractivity contribution in [2.45, 2.75) is 19.9 Å². The summed E-state index contributed by atoms with van der Waals surface area (Å²) in [4.78, 5) is 0. The summed E-state index contributed by atoms with van der Waals surface area (Å²) in [5.41, 5.74) is 0.902. The molecule has 0 saturated heterocycles. The van der Waals surface area contributed by atoms with E-state index in [9.17, 15) is 8.42 Å². The van der Waals surface area contributed by atoms with Crippen molar-refractivity contribution in [2.24, 2.45) is 5.92 Å². The van der Waals surface area contributed by atoms with Gasteiger partial charge in [-0.05, 0) is 24.2 Å². The number of benzene rings is 1. The fourth-order valence-electron chi connectivity index (χ4n) is 2.31. The molecule has 0 saturated carbocycles. The van der Waals surface area contributed by atoms with Crippen LogP contribution in [0.15, 0.2) is 18.2 Å². The number of ether oxygens (including phenoxy) is 2. The van der Waals surface area contributed by atoms with Gasteiger partial charge in [-0.15, -0.1) is 0 Å². The lowest BCUT2D eigenvalue weighted by Gasteiger charge is -2.19. The van der Waals surface area contributed by atoms with E-state index in [2.05, 4.69) is 12.2 Å². The minimum absolute atomic E-state index is 0.0664. The highest BCUT2D eigenvalue weighted by Gasteiger charge is 2.20. The Morgan fingerprint density at radius 2 is 1.95 bits per heavy atom. The molecule has 0 spiro atoms. The van der Waals surface area contributed by atoms with E-state index in [0.29, 0.717) is 31.4 Å². The van der Waals surface area contributed by atoms with Crippen molar-refractivity contribution in [3.8, 4) is 11.5 Å². The molecule has 2 rings (SSSR count). The van der Waals surface area contributed by atoms with Gasteiger partial charge in [0.15, 0.2) is 11.5 Å². The molecule has 21 heavy (non-hydrogen) atoms. The van der Waals surface area contributed by atoms with Crippen LogP contribution in [0.3, 0.4) is 0 Å². The SMILES string of the molecule is CCNC(CS(C)(=O)=O)c1ccc2c(c1)OCC(C)CO2. The molecular formula is C15H23NO4S. The fraction of sp³-hybridized carbons (Fsp3) is 0.600. The zero-order valence-electron chi connectivity index (χ0n) is 12.8. The first-order chi connectivity index (χ1) is 9.89. The van der Waals surface area contributed by atoms with E-state index < -0.39 is 9.84 Å². The molecule has 5 nitrogen and oxygen atoms in total. The molecule has 0 bridgehead atoms. The average Bonchev–Trinajstić information content (AvgIpc) is 2.59. The van der Waals surface area contributed by atoms with Gasteiger partial charge in [-0.1, -0.05) is 19.9 Å². The molecule has 0 aliphatic carbocycles. The van der Waals surface area contributed by atoms with Gasteiger partial charge >= 0.3 is 0 Å². The van der Waals surface area contributed by atoms with Gasteiger partial charge in [0.25, 0.3) is 0 Å². The summed E-state index contributed by atoms with van der Waals surface area (Å²) >= 11 is 0. The molecule has 0 radical (unpaired) electrons. The maximum Gasteiger partial charge on any atom is 0.161 e. The van der Waals surface area contributed by atoms with Crippen LogP contribution in [0.4, 0.5) is 0 Å². The topological polar surface area (TPSA) is 64.6 Å². The highest BCUT2D eigenvalue weighted by atomic mass is 32.2. The second-order valence-corrected chi connectivity index (χ2v) is 7.82. The lowest BCUT2D eigenvalue weighted by molar-refractivity contribution is 0.228. The number of hydrogen-bond acceptors (Lipinski definition) is 5. The standard InChI is InChI=1S/C15H23NO4S/c1-4-16-13(10-21(3,17)18)12-5-6-14-15(7-12)20-9-11(2)8-19-14/h5-7,11,13,16H,4,8-10H2,1-3H3. The molecule has 0 amide bonds. The Balaban J connectivity index is 2.26. The molecule has 1 aliphatic rings. The molecule has 0 aromatic heterocycles. The number of fused-ring (bicyclic) bond motifs is 1. The van der Waals surface area contributed by atoms with Crippen LogP contribution in [0, 0.1) is 5.92 Å². The normalized spacial score (nSPS) is 19.9. The lowest BCUT2D eigenvalue weighted by atomic mass is 10.1. The minimum atomic E-state index is -3.07. The van der Waals surface area contributed by atoms with Crippen molar-refractivity contribution in [3.63, 3.8) is 0 Å².